The Bertz CT molecular complexity index is 485. The summed E-state index contributed by atoms with van der Waals surface area (Å²) < 4.78 is 5.56. The molecule has 0 amide bonds. The minimum absolute atomic E-state index is 0.156. The van der Waals surface area contributed by atoms with Crippen molar-refractivity contribution in [3.63, 3.8) is 0 Å². The number of fused-ring (bicyclic) bond motifs is 1. The van der Waals surface area contributed by atoms with Crippen LogP contribution in [-0.4, -0.2) is 17.4 Å². The van der Waals surface area contributed by atoms with E-state index in [1.54, 1.807) is 6.20 Å². The summed E-state index contributed by atoms with van der Waals surface area (Å²) in [5.74, 6) is 0.816. The lowest BCUT2D eigenvalue weighted by Crippen LogP contribution is -2.05. The van der Waals surface area contributed by atoms with Crippen molar-refractivity contribution in [3.05, 3.63) is 30.0 Å². The van der Waals surface area contributed by atoms with Gasteiger partial charge in [0.25, 0.3) is 0 Å². The van der Waals surface area contributed by atoms with Gasteiger partial charge in [0.2, 0.25) is 0 Å². The molecule has 78 valence electrons. The maximum Gasteiger partial charge on any atom is 0.152 e. The Balaban J connectivity index is 2.44. The molecule has 0 aliphatic carbocycles. The maximum absolute atomic E-state index is 10.7. The molecule has 0 saturated carbocycles. The largest absolute Gasteiger partial charge is 0.491 e. The smallest absolute Gasteiger partial charge is 0.152 e. The van der Waals surface area contributed by atoms with Crippen molar-refractivity contribution in [2.75, 3.05) is 0 Å². The molecule has 0 fully saturated rings. The van der Waals surface area contributed by atoms with Crippen LogP contribution in [0.2, 0.25) is 0 Å². The van der Waals surface area contributed by atoms with Gasteiger partial charge in [-0.25, -0.2) is 0 Å². The van der Waals surface area contributed by atoms with Crippen molar-refractivity contribution in [3.8, 4) is 5.75 Å². The minimum Gasteiger partial charge on any atom is -0.491 e. The molecule has 3 heteroatoms. The molecule has 1 heterocycles. The van der Waals surface area contributed by atoms with Crippen LogP contribution in [0.3, 0.4) is 0 Å². The minimum atomic E-state index is 0.156. The Labute approximate surface area is 88.1 Å². The number of rotatable bonds is 3. The number of ether oxygens (including phenoxy) is 1. The van der Waals surface area contributed by atoms with Crippen molar-refractivity contribution in [2.24, 2.45) is 0 Å². The van der Waals surface area contributed by atoms with Crippen LogP contribution >= 0.6 is 0 Å². The van der Waals surface area contributed by atoms with Crippen molar-refractivity contribution in [1.82, 2.24) is 4.98 Å². The summed E-state index contributed by atoms with van der Waals surface area (Å²) in [4.78, 5) is 13.7. The lowest BCUT2D eigenvalue weighted by Gasteiger charge is -2.09. The fourth-order valence-electron chi connectivity index (χ4n) is 1.57. The average molecular weight is 203 g/mol. The van der Waals surface area contributed by atoms with E-state index < -0.39 is 0 Å². The second kappa shape index (κ2) is 3.77. The summed E-state index contributed by atoms with van der Waals surface area (Å²) in [6, 6.07) is 5.68. The molecule has 0 spiro atoms. The first-order chi connectivity index (χ1) is 7.20. The molecular formula is C12H13NO2. The highest BCUT2D eigenvalue weighted by Crippen LogP contribution is 2.22. The molecule has 0 aliphatic rings. The summed E-state index contributed by atoms with van der Waals surface area (Å²) >= 11 is 0. The molecular weight excluding hydrogens is 190 g/mol. The van der Waals surface area contributed by atoms with Crippen LogP contribution in [0.1, 0.15) is 24.2 Å². The van der Waals surface area contributed by atoms with Crippen LogP contribution in [-0.2, 0) is 0 Å². The van der Waals surface area contributed by atoms with Gasteiger partial charge in [0.05, 0.1) is 6.10 Å². The molecule has 1 N–H and O–H groups in total. The van der Waals surface area contributed by atoms with Crippen molar-refractivity contribution in [2.45, 2.75) is 20.0 Å². The SMILES string of the molecule is CC(C)Oc1ccc2c(C=O)c[nH]c2c1. The van der Waals surface area contributed by atoms with Gasteiger partial charge in [-0.05, 0) is 26.0 Å². The third-order valence-corrected chi connectivity index (χ3v) is 2.18. The number of aromatic nitrogens is 1. The molecule has 1 aromatic heterocycles. The molecule has 0 bridgehead atoms. The number of nitrogens with one attached hydrogen (secondary N) is 1. The van der Waals surface area contributed by atoms with E-state index in [1.807, 2.05) is 32.0 Å². The van der Waals surface area contributed by atoms with E-state index in [2.05, 4.69) is 4.98 Å². The van der Waals surface area contributed by atoms with Gasteiger partial charge in [-0.1, -0.05) is 0 Å². The zero-order valence-corrected chi connectivity index (χ0v) is 8.78. The van der Waals surface area contributed by atoms with Gasteiger partial charge in [-0.3, -0.25) is 4.79 Å². The van der Waals surface area contributed by atoms with E-state index in [9.17, 15) is 4.79 Å². The highest BCUT2D eigenvalue weighted by molar-refractivity contribution is 5.97. The summed E-state index contributed by atoms with van der Waals surface area (Å²) in [5, 5.41) is 0.932. The Kier molecular flexibility index (Phi) is 2.46. The van der Waals surface area contributed by atoms with E-state index in [1.165, 1.54) is 0 Å². The summed E-state index contributed by atoms with van der Waals surface area (Å²) in [5.41, 5.74) is 1.61. The van der Waals surface area contributed by atoms with E-state index in [0.717, 1.165) is 22.9 Å². The first-order valence-corrected chi connectivity index (χ1v) is 4.93. The number of aldehydes is 1. The molecule has 0 unspecified atom stereocenters. The second-order valence-electron chi connectivity index (χ2n) is 3.74. The zero-order chi connectivity index (χ0) is 10.8. The number of H-pyrrole nitrogens is 1. The molecule has 15 heavy (non-hydrogen) atoms. The highest BCUT2D eigenvalue weighted by atomic mass is 16.5. The molecule has 2 aromatic rings. The van der Waals surface area contributed by atoms with Crippen molar-refractivity contribution < 1.29 is 9.53 Å². The second-order valence-corrected chi connectivity index (χ2v) is 3.74. The molecule has 0 radical (unpaired) electrons. The predicted octanol–water partition coefficient (Wildman–Crippen LogP) is 2.77. The van der Waals surface area contributed by atoms with Crippen molar-refractivity contribution >= 4 is 17.2 Å². The highest BCUT2D eigenvalue weighted by Gasteiger charge is 2.04. The molecule has 2 rings (SSSR count). The molecule has 0 saturated heterocycles. The lowest BCUT2D eigenvalue weighted by molar-refractivity contribution is 0.112. The monoisotopic (exact) mass is 203 g/mol. The molecule has 1 aromatic carbocycles. The molecule has 3 nitrogen and oxygen atoms in total. The van der Waals surface area contributed by atoms with Gasteiger partial charge >= 0.3 is 0 Å². The van der Waals surface area contributed by atoms with Gasteiger partial charge in [0, 0.05) is 28.7 Å². The Morgan fingerprint density at radius 2 is 2.20 bits per heavy atom. The Morgan fingerprint density at radius 3 is 2.87 bits per heavy atom. The van der Waals surface area contributed by atoms with Gasteiger partial charge in [0.15, 0.2) is 6.29 Å². The zero-order valence-electron chi connectivity index (χ0n) is 8.78. The number of hydrogen-bond donors (Lipinski definition) is 1. The van der Waals surface area contributed by atoms with Crippen molar-refractivity contribution in [1.29, 1.82) is 0 Å². The van der Waals surface area contributed by atoms with Gasteiger partial charge in [-0.2, -0.15) is 0 Å². The summed E-state index contributed by atoms with van der Waals surface area (Å²) in [6.07, 6.45) is 2.71. The van der Waals surface area contributed by atoms with Gasteiger partial charge in [-0.15, -0.1) is 0 Å². The summed E-state index contributed by atoms with van der Waals surface area (Å²) in [6.45, 7) is 3.96. The van der Waals surface area contributed by atoms with Crippen LogP contribution in [0.25, 0.3) is 10.9 Å². The predicted molar refractivity (Wildman–Crippen MR) is 59.5 cm³/mol. The van der Waals surface area contributed by atoms with Crippen LogP contribution in [0.5, 0.6) is 5.75 Å². The number of aromatic amines is 1. The van der Waals surface area contributed by atoms with Gasteiger partial charge < -0.3 is 9.72 Å². The van der Waals surface area contributed by atoms with Gasteiger partial charge in [0.1, 0.15) is 5.75 Å². The summed E-state index contributed by atoms with van der Waals surface area (Å²) in [7, 11) is 0. The fourth-order valence-corrected chi connectivity index (χ4v) is 1.57. The standard InChI is InChI=1S/C12H13NO2/c1-8(2)15-10-3-4-11-9(7-14)6-13-12(11)5-10/h3-8,13H,1-2H3. The van der Waals surface area contributed by atoms with E-state index >= 15 is 0 Å². The third-order valence-electron chi connectivity index (χ3n) is 2.18. The maximum atomic E-state index is 10.7. The molecule has 0 atom stereocenters. The lowest BCUT2D eigenvalue weighted by atomic mass is 10.2. The molecule has 0 aliphatic heterocycles. The van der Waals surface area contributed by atoms with E-state index in [4.69, 9.17) is 4.74 Å². The Morgan fingerprint density at radius 1 is 1.40 bits per heavy atom. The van der Waals surface area contributed by atoms with E-state index in [-0.39, 0.29) is 6.10 Å². The quantitative estimate of drug-likeness (QED) is 0.779. The van der Waals surface area contributed by atoms with Crippen LogP contribution < -0.4 is 4.74 Å². The number of carbonyl (C=O) groups is 1. The fraction of sp³-hybridized carbons (Fsp3) is 0.250. The number of carbonyl (C=O) groups excluding carboxylic acids is 1. The normalized spacial score (nSPS) is 10.9. The topological polar surface area (TPSA) is 42.1 Å². The van der Waals surface area contributed by atoms with Crippen LogP contribution in [0.4, 0.5) is 0 Å². The third kappa shape index (κ3) is 1.86. The number of hydrogen-bond acceptors (Lipinski definition) is 2. The number of benzene rings is 1. The van der Waals surface area contributed by atoms with Crippen LogP contribution in [0.15, 0.2) is 24.4 Å². The first kappa shape index (κ1) is 9.77. The first-order valence-electron chi connectivity index (χ1n) is 4.93. The van der Waals surface area contributed by atoms with Crippen LogP contribution in [0, 0.1) is 0 Å². The average Bonchev–Trinajstić information content (AvgIpc) is 2.58. The van der Waals surface area contributed by atoms with E-state index in [0.29, 0.717) is 5.56 Å². The Hall–Kier alpha value is -1.77.